The van der Waals surface area contributed by atoms with E-state index in [1.807, 2.05) is 44.0 Å². The summed E-state index contributed by atoms with van der Waals surface area (Å²) in [5, 5.41) is 15.1. The van der Waals surface area contributed by atoms with Gasteiger partial charge in [0.2, 0.25) is 6.35 Å². The van der Waals surface area contributed by atoms with Crippen molar-refractivity contribution in [1.29, 1.82) is 0 Å². The summed E-state index contributed by atoms with van der Waals surface area (Å²) in [5.74, 6) is 0.822. The van der Waals surface area contributed by atoms with Crippen LogP contribution in [0.4, 0.5) is 16.6 Å². The molecule has 1 fully saturated rings. The van der Waals surface area contributed by atoms with Gasteiger partial charge < -0.3 is 20.2 Å². The van der Waals surface area contributed by atoms with Crippen molar-refractivity contribution in [2.45, 2.75) is 46.0 Å². The number of aliphatic hydroxyl groups excluding tert-OH is 1. The molecule has 3 aromatic heterocycles. The van der Waals surface area contributed by atoms with Crippen molar-refractivity contribution in [1.82, 2.24) is 15.0 Å². The van der Waals surface area contributed by atoms with Crippen LogP contribution < -0.4 is 15.1 Å². The molecule has 2 bridgehead atoms. The van der Waals surface area contributed by atoms with Crippen molar-refractivity contribution in [3.05, 3.63) is 46.7 Å². The van der Waals surface area contributed by atoms with Gasteiger partial charge in [0.05, 0.1) is 23.1 Å². The van der Waals surface area contributed by atoms with E-state index in [-0.39, 0.29) is 6.04 Å². The number of piperidine rings is 1. The number of rotatable bonds is 4. The van der Waals surface area contributed by atoms with Gasteiger partial charge in [0.25, 0.3) is 0 Å². The van der Waals surface area contributed by atoms with Crippen LogP contribution in [0.3, 0.4) is 0 Å². The first-order valence-corrected chi connectivity index (χ1v) is 11.2. The highest BCUT2D eigenvalue weighted by Crippen LogP contribution is 2.40. The van der Waals surface area contributed by atoms with Crippen LogP contribution in [0.25, 0.3) is 11.3 Å². The summed E-state index contributed by atoms with van der Waals surface area (Å²) in [4.78, 5) is 19.4. The number of hydrogen-bond acceptors (Lipinski definition) is 8. The second-order valence-corrected chi connectivity index (χ2v) is 9.26. The van der Waals surface area contributed by atoms with Crippen LogP contribution in [-0.4, -0.2) is 45.5 Å². The molecule has 5 rings (SSSR count). The molecule has 0 radical (unpaired) electrons. The number of thiazole rings is 1. The summed E-state index contributed by atoms with van der Waals surface area (Å²) >= 11 is 1.57. The molecule has 2 N–H and O–H groups in total. The van der Waals surface area contributed by atoms with E-state index in [1.165, 1.54) is 0 Å². The lowest BCUT2D eigenvalue weighted by molar-refractivity contribution is 0.176. The van der Waals surface area contributed by atoms with E-state index in [4.69, 9.17) is 4.98 Å². The predicted molar refractivity (Wildman–Crippen MR) is 121 cm³/mol. The molecule has 2 aliphatic rings. The van der Waals surface area contributed by atoms with E-state index in [2.05, 4.69) is 32.3 Å². The van der Waals surface area contributed by atoms with E-state index in [1.54, 1.807) is 11.3 Å². The number of nitrogens with zero attached hydrogens (tertiary/aromatic N) is 5. The first-order chi connectivity index (χ1) is 14.5. The van der Waals surface area contributed by atoms with Crippen molar-refractivity contribution >= 4 is 28.0 Å². The second kappa shape index (κ2) is 7.52. The van der Waals surface area contributed by atoms with Gasteiger partial charge >= 0.3 is 0 Å². The number of anilines is 3. The average molecular weight is 423 g/mol. The molecule has 0 aromatic carbocycles. The number of aryl methyl sites for hydroxylation is 3. The molecule has 2 aliphatic heterocycles. The fourth-order valence-electron chi connectivity index (χ4n) is 4.35. The molecule has 0 amide bonds. The summed E-state index contributed by atoms with van der Waals surface area (Å²) < 4.78 is 0. The first-order valence-electron chi connectivity index (χ1n) is 10.4. The van der Waals surface area contributed by atoms with Gasteiger partial charge in [0.15, 0.2) is 10.9 Å². The number of hydrogen-bond donors (Lipinski definition) is 2. The van der Waals surface area contributed by atoms with Crippen LogP contribution in [0.2, 0.25) is 0 Å². The van der Waals surface area contributed by atoms with Gasteiger partial charge in [-0.2, -0.15) is 0 Å². The quantitative estimate of drug-likeness (QED) is 0.621. The van der Waals surface area contributed by atoms with Gasteiger partial charge in [-0.3, -0.25) is 4.98 Å². The molecule has 0 aliphatic carbocycles. The number of aliphatic hydroxyl groups is 1. The van der Waals surface area contributed by atoms with Crippen molar-refractivity contribution in [2.24, 2.45) is 0 Å². The lowest BCUT2D eigenvalue weighted by Gasteiger charge is -2.48. The Hall–Kier alpha value is -2.71. The summed E-state index contributed by atoms with van der Waals surface area (Å²) in [6, 6.07) is 8.42. The molecular weight excluding hydrogens is 396 g/mol. The summed E-state index contributed by atoms with van der Waals surface area (Å²) in [5.41, 5.74) is 4.95. The van der Waals surface area contributed by atoms with Gasteiger partial charge in [-0.25, -0.2) is 9.97 Å². The van der Waals surface area contributed by atoms with Crippen LogP contribution in [0.15, 0.2) is 30.5 Å². The topological polar surface area (TPSA) is 77.4 Å². The Kier molecular flexibility index (Phi) is 4.83. The minimum atomic E-state index is -0.888. The monoisotopic (exact) mass is 422 g/mol. The SMILES string of the molecule is Cc1cc(-c2ccc3c(n2)N(C(O)Nc2nc(C)c(C)s2)[C@H]2CCCN3C2)ccn1. The zero-order chi connectivity index (χ0) is 20.8. The lowest BCUT2D eigenvalue weighted by Crippen LogP contribution is -2.58. The van der Waals surface area contributed by atoms with Crippen LogP contribution >= 0.6 is 11.3 Å². The van der Waals surface area contributed by atoms with Gasteiger partial charge in [0, 0.05) is 35.4 Å². The maximum atomic E-state index is 11.2. The van der Waals surface area contributed by atoms with E-state index in [0.717, 1.165) is 70.1 Å². The Morgan fingerprint density at radius 2 is 2.07 bits per heavy atom. The average Bonchev–Trinajstić information content (AvgIpc) is 3.04. The van der Waals surface area contributed by atoms with E-state index in [0.29, 0.717) is 0 Å². The largest absolute Gasteiger partial charge is 0.366 e. The van der Waals surface area contributed by atoms with E-state index in [9.17, 15) is 5.11 Å². The Labute approximate surface area is 180 Å². The van der Waals surface area contributed by atoms with Crippen LogP contribution in [-0.2, 0) is 0 Å². The molecule has 1 unspecified atom stereocenters. The number of pyridine rings is 2. The third-order valence-electron chi connectivity index (χ3n) is 5.97. The summed E-state index contributed by atoms with van der Waals surface area (Å²) in [6.07, 6.45) is 3.06. The number of aromatic nitrogens is 3. The van der Waals surface area contributed by atoms with Crippen molar-refractivity contribution in [3.63, 3.8) is 0 Å². The molecule has 156 valence electrons. The van der Waals surface area contributed by atoms with Gasteiger partial charge in [-0.15, -0.1) is 11.3 Å². The first kappa shape index (κ1) is 19.3. The van der Waals surface area contributed by atoms with Crippen molar-refractivity contribution in [2.75, 3.05) is 28.2 Å². The normalized spacial score (nSPS) is 18.9. The number of fused-ring (bicyclic) bond motifs is 4. The predicted octanol–water partition coefficient (Wildman–Crippen LogP) is 3.70. The molecule has 0 spiro atoms. The molecule has 1 saturated heterocycles. The molecule has 8 heteroatoms. The standard InChI is InChI=1S/C22H26N6OS/c1-13-11-16(8-9-23-13)18-6-7-19-20(25-18)28(17-5-4-10-27(19)12-17)22(29)26-21-24-14(2)15(3)30-21/h6-9,11,17,22,29H,4-5,10,12H2,1-3H3,(H,24,26)/t17-,22?/m0/s1. The highest BCUT2D eigenvalue weighted by Gasteiger charge is 2.38. The Morgan fingerprint density at radius 1 is 1.20 bits per heavy atom. The molecular formula is C22H26N6OS. The maximum Gasteiger partial charge on any atom is 0.208 e. The minimum Gasteiger partial charge on any atom is -0.366 e. The van der Waals surface area contributed by atoms with E-state index < -0.39 is 6.35 Å². The smallest absolute Gasteiger partial charge is 0.208 e. The molecule has 2 atom stereocenters. The van der Waals surface area contributed by atoms with Crippen LogP contribution in [0.5, 0.6) is 0 Å². The van der Waals surface area contributed by atoms with Crippen molar-refractivity contribution in [3.8, 4) is 11.3 Å². The minimum absolute atomic E-state index is 0.206. The summed E-state index contributed by atoms with van der Waals surface area (Å²) in [6.45, 7) is 7.95. The summed E-state index contributed by atoms with van der Waals surface area (Å²) in [7, 11) is 0. The maximum absolute atomic E-state index is 11.2. The van der Waals surface area contributed by atoms with Crippen LogP contribution in [0.1, 0.15) is 29.1 Å². The molecule has 5 heterocycles. The molecule has 0 saturated carbocycles. The zero-order valence-electron chi connectivity index (χ0n) is 17.5. The van der Waals surface area contributed by atoms with E-state index >= 15 is 0 Å². The van der Waals surface area contributed by atoms with Crippen molar-refractivity contribution < 1.29 is 5.11 Å². The highest BCUT2D eigenvalue weighted by molar-refractivity contribution is 7.15. The molecule has 7 nitrogen and oxygen atoms in total. The van der Waals surface area contributed by atoms with Gasteiger partial charge in [0.1, 0.15) is 0 Å². The Balaban J connectivity index is 1.54. The highest BCUT2D eigenvalue weighted by atomic mass is 32.1. The zero-order valence-corrected chi connectivity index (χ0v) is 18.3. The Morgan fingerprint density at radius 3 is 2.83 bits per heavy atom. The number of nitrogens with one attached hydrogen (secondary N) is 1. The third kappa shape index (κ3) is 3.40. The fraction of sp³-hybridized carbons (Fsp3) is 0.409. The van der Waals surface area contributed by atoms with Gasteiger partial charge in [-0.1, -0.05) is 0 Å². The Bertz CT molecular complexity index is 1060. The fourth-order valence-corrected chi connectivity index (χ4v) is 5.18. The lowest BCUT2D eigenvalue weighted by atomic mass is 9.99. The van der Waals surface area contributed by atoms with Gasteiger partial charge in [-0.05, 0) is 57.9 Å². The van der Waals surface area contributed by atoms with Crippen LogP contribution in [0, 0.1) is 20.8 Å². The molecule has 30 heavy (non-hydrogen) atoms. The molecule has 3 aromatic rings. The third-order valence-corrected chi connectivity index (χ3v) is 6.97. The second-order valence-electron chi connectivity index (χ2n) is 8.05.